The van der Waals surface area contributed by atoms with Gasteiger partial charge in [-0.3, -0.25) is 0 Å². The zero-order chi connectivity index (χ0) is 21.4. The monoisotopic (exact) mass is 403 g/mol. The molecule has 0 saturated carbocycles. The van der Waals surface area contributed by atoms with E-state index in [1.54, 1.807) is 0 Å². The minimum Gasteiger partial charge on any atom is -0.234 e. The van der Waals surface area contributed by atoms with Gasteiger partial charge in [-0.25, -0.2) is 9.50 Å². The molecular weight excluding hydrogens is 378 g/mol. The summed E-state index contributed by atoms with van der Waals surface area (Å²) in [6.07, 6.45) is 0. The van der Waals surface area contributed by atoms with Gasteiger partial charge in [0.25, 0.3) is 0 Å². The molecule has 3 nitrogen and oxygen atoms in total. The molecule has 0 spiro atoms. The third-order valence-corrected chi connectivity index (χ3v) is 5.95. The molecule has 0 bridgehead atoms. The summed E-state index contributed by atoms with van der Waals surface area (Å²) in [6, 6.07) is 31.8. The summed E-state index contributed by atoms with van der Waals surface area (Å²) >= 11 is 0. The van der Waals surface area contributed by atoms with Crippen LogP contribution in [0.1, 0.15) is 39.6 Å². The Balaban J connectivity index is 1.80. The number of hydrogen-bond donors (Lipinski definition) is 0. The molecule has 2 aromatic heterocycles. The largest absolute Gasteiger partial charge is 0.234 e. The molecule has 0 aliphatic rings. The van der Waals surface area contributed by atoms with Crippen LogP contribution >= 0.6 is 0 Å². The van der Waals surface area contributed by atoms with Gasteiger partial charge in [0.05, 0.1) is 17.3 Å². The van der Waals surface area contributed by atoms with Gasteiger partial charge in [0.2, 0.25) is 0 Å². The van der Waals surface area contributed by atoms with Crippen molar-refractivity contribution >= 4 is 5.65 Å². The molecule has 31 heavy (non-hydrogen) atoms. The highest BCUT2D eigenvalue weighted by Crippen LogP contribution is 2.36. The fourth-order valence-corrected chi connectivity index (χ4v) is 4.39. The van der Waals surface area contributed by atoms with Gasteiger partial charge in [-0.05, 0) is 49.1 Å². The smallest absolute Gasteiger partial charge is 0.156 e. The molecule has 0 aliphatic heterocycles. The number of aromatic nitrogens is 3. The lowest BCUT2D eigenvalue weighted by Crippen LogP contribution is -2.13. The second-order valence-electron chi connectivity index (χ2n) is 8.13. The maximum atomic E-state index is 5.01. The van der Waals surface area contributed by atoms with Crippen LogP contribution in [0.15, 0.2) is 91.0 Å². The minimum atomic E-state index is 0.0649. The number of fused-ring (bicyclic) bond motifs is 1. The fraction of sp³-hybridized carbons (Fsp3) is 0.143. The Morgan fingerprint density at radius 3 is 1.87 bits per heavy atom. The lowest BCUT2D eigenvalue weighted by Gasteiger charge is -2.23. The van der Waals surface area contributed by atoms with Crippen LogP contribution in [0.2, 0.25) is 0 Å². The first-order valence-corrected chi connectivity index (χ1v) is 10.7. The normalized spacial score (nSPS) is 11.4. The van der Waals surface area contributed by atoms with Gasteiger partial charge in [-0.1, -0.05) is 78.9 Å². The molecule has 2 heterocycles. The van der Waals surface area contributed by atoms with Crippen molar-refractivity contribution in [3.63, 3.8) is 0 Å². The van der Waals surface area contributed by atoms with Crippen molar-refractivity contribution in [2.45, 2.75) is 26.7 Å². The van der Waals surface area contributed by atoms with Crippen LogP contribution in [0, 0.1) is 20.8 Å². The lowest BCUT2D eigenvalue weighted by atomic mass is 9.83. The van der Waals surface area contributed by atoms with Gasteiger partial charge in [-0.15, -0.1) is 0 Å². The van der Waals surface area contributed by atoms with Crippen LogP contribution < -0.4 is 0 Å². The van der Waals surface area contributed by atoms with Crippen LogP contribution in [0.25, 0.3) is 16.9 Å². The maximum absolute atomic E-state index is 5.01. The average Bonchev–Trinajstić information content (AvgIpc) is 3.21. The highest BCUT2D eigenvalue weighted by molar-refractivity contribution is 5.64. The molecule has 0 saturated heterocycles. The van der Waals surface area contributed by atoms with Gasteiger partial charge in [0.1, 0.15) is 0 Å². The number of benzene rings is 3. The molecule has 3 heteroatoms. The number of aryl methyl sites for hydroxylation is 3. The van der Waals surface area contributed by atoms with E-state index in [9.17, 15) is 0 Å². The molecule has 0 aliphatic carbocycles. The summed E-state index contributed by atoms with van der Waals surface area (Å²) in [5, 5.41) is 5.01. The Morgan fingerprint density at radius 2 is 1.26 bits per heavy atom. The van der Waals surface area contributed by atoms with Crippen molar-refractivity contribution in [3.05, 3.63) is 125 Å². The Morgan fingerprint density at radius 1 is 0.677 bits per heavy atom. The van der Waals surface area contributed by atoms with Crippen molar-refractivity contribution in [1.29, 1.82) is 0 Å². The first kappa shape index (κ1) is 19.3. The molecule has 0 amide bonds. The van der Waals surface area contributed by atoms with Crippen LogP contribution in [0.4, 0.5) is 0 Å². The molecule has 0 N–H and O–H groups in total. The van der Waals surface area contributed by atoms with Crippen LogP contribution in [-0.4, -0.2) is 14.6 Å². The third kappa shape index (κ3) is 3.53. The Labute approximate surface area is 183 Å². The van der Waals surface area contributed by atoms with Gasteiger partial charge in [0, 0.05) is 17.3 Å². The van der Waals surface area contributed by atoms with E-state index in [-0.39, 0.29) is 5.92 Å². The molecule has 0 fully saturated rings. The van der Waals surface area contributed by atoms with E-state index >= 15 is 0 Å². The Hall–Kier alpha value is -3.72. The third-order valence-electron chi connectivity index (χ3n) is 5.95. The van der Waals surface area contributed by atoms with E-state index in [0.717, 1.165) is 28.3 Å². The van der Waals surface area contributed by atoms with Crippen molar-refractivity contribution in [3.8, 4) is 11.3 Å². The molecule has 0 unspecified atom stereocenters. The zero-order valence-electron chi connectivity index (χ0n) is 18.1. The number of nitrogens with zero attached hydrogens (tertiary/aromatic N) is 3. The maximum Gasteiger partial charge on any atom is 0.156 e. The molecule has 0 atom stereocenters. The van der Waals surface area contributed by atoms with Crippen molar-refractivity contribution in [1.82, 2.24) is 14.6 Å². The summed E-state index contributed by atoms with van der Waals surface area (Å²) in [5.74, 6) is 0.0649. The van der Waals surface area contributed by atoms with Gasteiger partial charge >= 0.3 is 0 Å². The lowest BCUT2D eigenvalue weighted by molar-refractivity contribution is 0.794. The average molecular weight is 404 g/mol. The van der Waals surface area contributed by atoms with Crippen molar-refractivity contribution < 1.29 is 0 Å². The molecular formula is C28H25N3. The first-order chi connectivity index (χ1) is 15.1. The van der Waals surface area contributed by atoms with E-state index in [4.69, 9.17) is 10.1 Å². The summed E-state index contributed by atoms with van der Waals surface area (Å²) in [7, 11) is 0. The van der Waals surface area contributed by atoms with Crippen molar-refractivity contribution in [2.75, 3.05) is 0 Å². The van der Waals surface area contributed by atoms with E-state index in [0.29, 0.717) is 0 Å². The summed E-state index contributed by atoms with van der Waals surface area (Å²) < 4.78 is 2.03. The van der Waals surface area contributed by atoms with E-state index in [2.05, 4.69) is 93.6 Å². The SMILES string of the molecule is Cc1cc(C(c2ccccc2C)c2ccccc2C)n2nc(-c3ccccc3)cc2n1. The van der Waals surface area contributed by atoms with Gasteiger partial charge in [-0.2, -0.15) is 5.10 Å². The summed E-state index contributed by atoms with van der Waals surface area (Å²) in [4.78, 5) is 4.80. The predicted octanol–water partition coefficient (Wildman–Crippen LogP) is 6.50. The molecule has 0 radical (unpaired) electrons. The molecule has 5 rings (SSSR count). The van der Waals surface area contributed by atoms with E-state index < -0.39 is 0 Å². The van der Waals surface area contributed by atoms with E-state index in [1.807, 2.05) is 22.7 Å². The Bertz CT molecular complexity index is 1320. The second kappa shape index (κ2) is 7.84. The molecule has 3 aromatic carbocycles. The molecule has 152 valence electrons. The quantitative estimate of drug-likeness (QED) is 0.343. The van der Waals surface area contributed by atoms with E-state index in [1.165, 1.54) is 22.3 Å². The molecule has 5 aromatic rings. The minimum absolute atomic E-state index is 0.0649. The van der Waals surface area contributed by atoms with Gasteiger partial charge < -0.3 is 0 Å². The van der Waals surface area contributed by atoms with Gasteiger partial charge in [0.15, 0.2) is 5.65 Å². The standard InChI is InChI=1S/C28H25N3/c1-19-11-7-9-15-23(19)28(24-16-10-8-12-20(24)2)26-17-21(3)29-27-18-25(30-31(26)27)22-13-5-4-6-14-22/h4-18,28H,1-3H3. The topological polar surface area (TPSA) is 30.2 Å². The van der Waals surface area contributed by atoms with Crippen molar-refractivity contribution in [2.24, 2.45) is 0 Å². The first-order valence-electron chi connectivity index (χ1n) is 10.7. The van der Waals surface area contributed by atoms with Crippen LogP contribution in [0.3, 0.4) is 0 Å². The summed E-state index contributed by atoms with van der Waals surface area (Å²) in [6.45, 7) is 6.43. The summed E-state index contributed by atoms with van der Waals surface area (Å²) in [5.41, 5.74) is 10.2. The highest BCUT2D eigenvalue weighted by Gasteiger charge is 2.24. The zero-order valence-corrected chi connectivity index (χ0v) is 18.1. The Kier molecular flexibility index (Phi) is 4.87. The second-order valence-corrected chi connectivity index (χ2v) is 8.13. The highest BCUT2D eigenvalue weighted by atomic mass is 15.3. The predicted molar refractivity (Wildman–Crippen MR) is 126 cm³/mol. The fourth-order valence-electron chi connectivity index (χ4n) is 4.39. The number of hydrogen-bond acceptors (Lipinski definition) is 2. The van der Waals surface area contributed by atoms with Crippen LogP contribution in [-0.2, 0) is 0 Å². The number of rotatable bonds is 4. The van der Waals surface area contributed by atoms with Crippen LogP contribution in [0.5, 0.6) is 0 Å².